The highest BCUT2D eigenvalue weighted by Crippen LogP contribution is 2.26. The van der Waals surface area contributed by atoms with Crippen LogP contribution in [0.25, 0.3) is 0 Å². The van der Waals surface area contributed by atoms with Crippen LogP contribution in [0.4, 0.5) is 0 Å². The zero-order chi connectivity index (χ0) is 15.8. The van der Waals surface area contributed by atoms with Gasteiger partial charge in [0, 0.05) is 13.7 Å². The van der Waals surface area contributed by atoms with Crippen molar-refractivity contribution in [3.05, 3.63) is 11.4 Å². The smallest absolute Gasteiger partial charge is 0.325 e. The van der Waals surface area contributed by atoms with E-state index in [2.05, 4.69) is 5.10 Å². The van der Waals surface area contributed by atoms with E-state index in [9.17, 15) is 13.2 Å². The van der Waals surface area contributed by atoms with Crippen molar-refractivity contribution < 1.29 is 23.1 Å². The van der Waals surface area contributed by atoms with Crippen LogP contribution >= 0.6 is 0 Å². The first-order chi connectivity index (χ1) is 9.75. The molecule has 0 amide bonds. The second kappa shape index (κ2) is 5.74. The largest absolute Gasteiger partial charge is 0.480 e. The zero-order valence-corrected chi connectivity index (χ0v) is 13.1. The minimum Gasteiger partial charge on any atom is -0.480 e. The molecule has 8 nitrogen and oxygen atoms in total. The predicted octanol–water partition coefficient (Wildman–Crippen LogP) is -0.00606. The van der Waals surface area contributed by atoms with E-state index in [1.165, 1.54) is 16.0 Å². The van der Waals surface area contributed by atoms with Gasteiger partial charge in [-0.05, 0) is 20.3 Å². The molecule has 0 saturated carbocycles. The maximum Gasteiger partial charge on any atom is 0.325 e. The number of aromatic nitrogens is 2. The molecule has 21 heavy (non-hydrogen) atoms. The van der Waals surface area contributed by atoms with E-state index in [1.54, 1.807) is 13.8 Å². The Bertz CT molecular complexity index is 646. The van der Waals surface area contributed by atoms with Crippen molar-refractivity contribution in [2.45, 2.75) is 37.8 Å². The van der Waals surface area contributed by atoms with Gasteiger partial charge in [-0.15, -0.1) is 0 Å². The molecule has 1 N–H and O–H groups in total. The first-order valence-electron chi connectivity index (χ1n) is 6.56. The Morgan fingerprint density at radius 3 is 2.71 bits per heavy atom. The molecule has 1 fully saturated rings. The summed E-state index contributed by atoms with van der Waals surface area (Å²) < 4.78 is 33.2. The average Bonchev–Trinajstić information content (AvgIpc) is 2.97. The molecule has 1 unspecified atom stereocenters. The predicted molar refractivity (Wildman–Crippen MR) is 73.5 cm³/mol. The van der Waals surface area contributed by atoms with Crippen LogP contribution in [-0.2, 0) is 26.1 Å². The minimum absolute atomic E-state index is 0.0816. The number of aryl methyl sites for hydroxylation is 1. The third kappa shape index (κ3) is 2.94. The minimum atomic E-state index is -3.72. The van der Waals surface area contributed by atoms with Gasteiger partial charge in [0.05, 0.1) is 24.0 Å². The topological polar surface area (TPSA) is 102 Å². The molecule has 1 aromatic rings. The normalized spacial score (nSPS) is 19.3. The molecule has 0 aromatic carbocycles. The van der Waals surface area contributed by atoms with Crippen molar-refractivity contribution in [2.75, 3.05) is 20.3 Å². The van der Waals surface area contributed by atoms with Crippen molar-refractivity contribution in [1.82, 2.24) is 14.1 Å². The summed E-state index contributed by atoms with van der Waals surface area (Å²) in [5, 5.41) is 12.9. The SMILES string of the molecule is Cc1nn(CC(=O)O)c(C)c1S(=O)(=O)N(C)C1CCOC1. The molecule has 1 aliphatic heterocycles. The third-order valence-corrected chi connectivity index (χ3v) is 5.82. The van der Waals surface area contributed by atoms with E-state index in [-0.39, 0.29) is 17.5 Å². The van der Waals surface area contributed by atoms with Gasteiger partial charge in [-0.3, -0.25) is 9.48 Å². The molecule has 1 aromatic heterocycles. The Kier molecular flexibility index (Phi) is 4.35. The molecule has 0 spiro atoms. The molecule has 2 heterocycles. The first kappa shape index (κ1) is 15.9. The molecule has 118 valence electrons. The number of nitrogens with zero attached hydrogens (tertiary/aromatic N) is 3. The number of carbonyl (C=O) groups is 1. The molecule has 1 saturated heterocycles. The molecule has 9 heteroatoms. The lowest BCUT2D eigenvalue weighted by molar-refractivity contribution is -0.137. The maximum absolute atomic E-state index is 12.7. The number of hydrogen-bond donors (Lipinski definition) is 1. The summed E-state index contributed by atoms with van der Waals surface area (Å²) in [6.07, 6.45) is 0.650. The highest BCUT2D eigenvalue weighted by atomic mass is 32.2. The Morgan fingerprint density at radius 1 is 1.52 bits per heavy atom. The second-order valence-electron chi connectivity index (χ2n) is 5.09. The summed E-state index contributed by atoms with van der Waals surface area (Å²) in [6, 6.07) is -0.198. The molecular formula is C12H19N3O5S. The van der Waals surface area contributed by atoms with Crippen LogP contribution in [0.15, 0.2) is 4.90 Å². The number of rotatable bonds is 5. The number of carboxylic acid groups (broad SMARTS) is 1. The summed E-state index contributed by atoms with van der Waals surface area (Å²) in [5.41, 5.74) is 0.639. The van der Waals surface area contributed by atoms with Crippen LogP contribution in [-0.4, -0.2) is 59.9 Å². The van der Waals surface area contributed by atoms with Crippen LogP contribution < -0.4 is 0 Å². The molecule has 2 rings (SSSR count). The average molecular weight is 317 g/mol. The molecule has 1 atom stereocenters. The molecule has 0 bridgehead atoms. The van der Waals surface area contributed by atoms with Gasteiger partial charge < -0.3 is 9.84 Å². The van der Waals surface area contributed by atoms with Crippen molar-refractivity contribution >= 4 is 16.0 Å². The van der Waals surface area contributed by atoms with Crippen LogP contribution in [0, 0.1) is 13.8 Å². The Labute approximate surface area is 123 Å². The molecule has 0 aliphatic carbocycles. The number of aliphatic carboxylic acids is 1. The number of hydrogen-bond acceptors (Lipinski definition) is 5. The highest BCUT2D eigenvalue weighted by molar-refractivity contribution is 7.89. The Morgan fingerprint density at radius 2 is 2.19 bits per heavy atom. The standard InChI is InChI=1S/C12H19N3O5S/c1-8-12(9(2)15(13-8)6-11(16)17)21(18,19)14(3)10-4-5-20-7-10/h10H,4-7H2,1-3H3,(H,16,17). The Hall–Kier alpha value is -1.45. The summed E-state index contributed by atoms with van der Waals surface area (Å²) >= 11 is 0. The highest BCUT2D eigenvalue weighted by Gasteiger charge is 2.34. The fourth-order valence-electron chi connectivity index (χ4n) is 2.48. The van der Waals surface area contributed by atoms with E-state index in [1.807, 2.05) is 0 Å². The van der Waals surface area contributed by atoms with E-state index in [4.69, 9.17) is 9.84 Å². The summed E-state index contributed by atoms with van der Waals surface area (Å²) in [5.74, 6) is -1.07. The van der Waals surface area contributed by atoms with E-state index < -0.39 is 16.0 Å². The molecule has 0 radical (unpaired) electrons. The van der Waals surface area contributed by atoms with Crippen molar-refractivity contribution in [1.29, 1.82) is 0 Å². The van der Waals surface area contributed by atoms with E-state index in [0.717, 1.165) is 0 Å². The van der Waals surface area contributed by atoms with E-state index >= 15 is 0 Å². The van der Waals surface area contributed by atoms with Gasteiger partial charge in [-0.25, -0.2) is 8.42 Å². The first-order valence-corrected chi connectivity index (χ1v) is 8.00. The van der Waals surface area contributed by atoms with Gasteiger partial charge in [0.1, 0.15) is 11.4 Å². The summed E-state index contributed by atoms with van der Waals surface area (Å²) in [4.78, 5) is 10.9. The van der Waals surface area contributed by atoms with Crippen LogP contribution in [0.3, 0.4) is 0 Å². The van der Waals surface area contributed by atoms with E-state index in [0.29, 0.717) is 31.0 Å². The monoisotopic (exact) mass is 317 g/mol. The summed E-state index contributed by atoms with van der Waals surface area (Å²) in [7, 11) is -2.21. The van der Waals surface area contributed by atoms with Gasteiger partial charge >= 0.3 is 5.97 Å². The van der Waals surface area contributed by atoms with Crippen molar-refractivity contribution in [2.24, 2.45) is 0 Å². The number of carboxylic acids is 1. The number of ether oxygens (including phenoxy) is 1. The van der Waals surface area contributed by atoms with Crippen molar-refractivity contribution in [3.8, 4) is 0 Å². The van der Waals surface area contributed by atoms with Gasteiger partial charge in [0.15, 0.2) is 0 Å². The lowest BCUT2D eigenvalue weighted by Crippen LogP contribution is -2.37. The number of sulfonamides is 1. The molecule has 1 aliphatic rings. The zero-order valence-electron chi connectivity index (χ0n) is 12.2. The number of likely N-dealkylation sites (N-methyl/N-ethyl adjacent to an activating group) is 1. The van der Waals surface area contributed by atoms with Gasteiger partial charge in [0.25, 0.3) is 0 Å². The van der Waals surface area contributed by atoms with Gasteiger partial charge in [-0.2, -0.15) is 9.40 Å². The van der Waals surface area contributed by atoms with Crippen LogP contribution in [0.5, 0.6) is 0 Å². The van der Waals surface area contributed by atoms with Gasteiger partial charge in [0.2, 0.25) is 10.0 Å². The Balaban J connectivity index is 2.40. The van der Waals surface area contributed by atoms with Crippen LogP contribution in [0.2, 0.25) is 0 Å². The second-order valence-corrected chi connectivity index (χ2v) is 7.02. The van der Waals surface area contributed by atoms with Gasteiger partial charge in [-0.1, -0.05) is 0 Å². The quantitative estimate of drug-likeness (QED) is 0.820. The lowest BCUT2D eigenvalue weighted by atomic mass is 10.3. The fraction of sp³-hybridized carbons (Fsp3) is 0.667. The van der Waals surface area contributed by atoms with Crippen LogP contribution in [0.1, 0.15) is 17.8 Å². The fourth-order valence-corrected chi connectivity index (χ4v) is 4.22. The molecular weight excluding hydrogens is 298 g/mol. The maximum atomic E-state index is 12.7. The lowest BCUT2D eigenvalue weighted by Gasteiger charge is -2.22. The van der Waals surface area contributed by atoms with Crippen molar-refractivity contribution in [3.63, 3.8) is 0 Å². The third-order valence-electron chi connectivity index (χ3n) is 3.66. The summed E-state index contributed by atoms with van der Waals surface area (Å²) in [6.45, 7) is 3.68.